The van der Waals surface area contributed by atoms with Crippen molar-refractivity contribution < 1.29 is 9.16 Å². The van der Waals surface area contributed by atoms with E-state index in [1.54, 1.807) is 13.4 Å². The molecule has 3 heteroatoms. The van der Waals surface area contributed by atoms with Gasteiger partial charge in [0.25, 0.3) is 0 Å². The molecule has 0 unspecified atom stereocenters. The maximum absolute atomic E-state index is 6.22. The lowest BCUT2D eigenvalue weighted by Gasteiger charge is -2.37. The van der Waals surface area contributed by atoms with Gasteiger partial charge in [0.1, 0.15) is 5.76 Å². The molecule has 0 aliphatic heterocycles. The molecule has 0 radical (unpaired) electrons. The first-order valence-electron chi connectivity index (χ1n) is 5.71. The van der Waals surface area contributed by atoms with Gasteiger partial charge in [0.15, 0.2) is 0 Å². The van der Waals surface area contributed by atoms with E-state index in [0.717, 1.165) is 11.3 Å². The summed E-state index contributed by atoms with van der Waals surface area (Å²) in [5.41, 5.74) is 1.04. The Morgan fingerprint density at radius 1 is 1.19 bits per heavy atom. The average Bonchev–Trinajstić information content (AvgIpc) is 2.12. The molecular formula is C13H26O2Si. The summed E-state index contributed by atoms with van der Waals surface area (Å²) in [4.78, 5) is 0. The van der Waals surface area contributed by atoms with Gasteiger partial charge in [-0.05, 0) is 38.1 Å². The van der Waals surface area contributed by atoms with Crippen LogP contribution in [0.15, 0.2) is 23.7 Å². The van der Waals surface area contributed by atoms with Gasteiger partial charge in [-0.2, -0.15) is 0 Å². The van der Waals surface area contributed by atoms with Gasteiger partial charge in [-0.25, -0.2) is 0 Å². The maximum atomic E-state index is 6.22. The molecule has 0 aromatic carbocycles. The second kappa shape index (κ2) is 5.57. The van der Waals surface area contributed by atoms with Gasteiger partial charge >= 0.3 is 0 Å². The molecule has 0 saturated heterocycles. The summed E-state index contributed by atoms with van der Waals surface area (Å²) in [6.07, 6.45) is 3.73. The van der Waals surface area contributed by atoms with Crippen molar-refractivity contribution in [2.75, 3.05) is 7.11 Å². The number of hydrogen-bond donors (Lipinski definition) is 0. The van der Waals surface area contributed by atoms with Crippen LogP contribution in [-0.4, -0.2) is 15.4 Å². The fourth-order valence-electron chi connectivity index (χ4n) is 1.03. The zero-order valence-corrected chi connectivity index (χ0v) is 13.0. The third-order valence-electron chi connectivity index (χ3n) is 3.12. The predicted octanol–water partition coefficient (Wildman–Crippen LogP) is 4.46. The third-order valence-corrected chi connectivity index (χ3v) is 7.46. The van der Waals surface area contributed by atoms with Crippen LogP contribution >= 0.6 is 0 Å². The molecule has 0 amide bonds. The minimum atomic E-state index is -1.75. The van der Waals surface area contributed by atoms with Gasteiger partial charge < -0.3 is 9.16 Å². The quantitative estimate of drug-likeness (QED) is 0.411. The summed E-state index contributed by atoms with van der Waals surface area (Å²) in [5, 5.41) is 0.217. The Morgan fingerprint density at radius 3 is 2.00 bits per heavy atom. The Kier molecular flexibility index (Phi) is 5.33. The Labute approximate surface area is 101 Å². The van der Waals surface area contributed by atoms with E-state index in [2.05, 4.69) is 33.9 Å². The molecule has 0 aliphatic carbocycles. The van der Waals surface area contributed by atoms with E-state index in [4.69, 9.17) is 9.16 Å². The van der Waals surface area contributed by atoms with Gasteiger partial charge in [-0.1, -0.05) is 20.8 Å². The molecule has 0 heterocycles. The summed E-state index contributed by atoms with van der Waals surface area (Å²) >= 11 is 0. The number of rotatable bonds is 4. The molecule has 0 N–H and O–H groups in total. The molecule has 16 heavy (non-hydrogen) atoms. The molecule has 0 atom stereocenters. The summed E-state index contributed by atoms with van der Waals surface area (Å²) < 4.78 is 11.2. The molecule has 0 aliphatic rings. The van der Waals surface area contributed by atoms with Crippen LogP contribution in [0.4, 0.5) is 0 Å². The van der Waals surface area contributed by atoms with Gasteiger partial charge in [0.05, 0.1) is 13.4 Å². The van der Waals surface area contributed by atoms with Gasteiger partial charge in [0, 0.05) is 5.57 Å². The summed E-state index contributed by atoms with van der Waals surface area (Å²) in [6.45, 7) is 15.2. The first kappa shape index (κ1) is 15.3. The van der Waals surface area contributed by atoms with Gasteiger partial charge in [-0.3, -0.25) is 0 Å². The molecule has 0 bridgehead atoms. The van der Waals surface area contributed by atoms with Gasteiger partial charge in [-0.15, -0.1) is 0 Å². The summed E-state index contributed by atoms with van der Waals surface area (Å²) in [7, 11) is -0.0896. The monoisotopic (exact) mass is 242 g/mol. The first-order chi connectivity index (χ1) is 7.15. The third kappa shape index (κ3) is 4.04. The fourth-order valence-corrected chi connectivity index (χ4v) is 2.16. The van der Waals surface area contributed by atoms with Crippen molar-refractivity contribution >= 4 is 8.32 Å². The van der Waals surface area contributed by atoms with Crippen LogP contribution in [-0.2, 0) is 9.16 Å². The van der Waals surface area contributed by atoms with E-state index in [1.807, 2.05) is 19.9 Å². The molecule has 0 rings (SSSR count). The summed E-state index contributed by atoms with van der Waals surface area (Å²) in [6, 6.07) is 0. The Morgan fingerprint density at radius 2 is 1.69 bits per heavy atom. The standard InChI is InChI=1S/C13H26O2Si/c1-9-12(11(2)10-14-6)15-16(7,8)13(3,4)5/h9-10H,1-8H3/b11-10+,12-9?. The largest absolute Gasteiger partial charge is 0.543 e. The highest BCUT2D eigenvalue weighted by atomic mass is 28.4. The summed E-state index contributed by atoms with van der Waals surface area (Å²) in [5.74, 6) is 0.938. The second-order valence-electron chi connectivity index (χ2n) is 5.55. The molecule has 94 valence electrons. The predicted molar refractivity (Wildman–Crippen MR) is 72.8 cm³/mol. The molecule has 0 saturated carbocycles. The van der Waals surface area contributed by atoms with Crippen molar-refractivity contribution in [2.24, 2.45) is 0 Å². The molecular weight excluding hydrogens is 216 g/mol. The van der Waals surface area contributed by atoms with Crippen molar-refractivity contribution in [3.8, 4) is 0 Å². The zero-order chi connectivity index (χ0) is 13.0. The van der Waals surface area contributed by atoms with Gasteiger partial charge in [0.2, 0.25) is 8.32 Å². The van der Waals surface area contributed by atoms with Crippen LogP contribution in [0.3, 0.4) is 0 Å². The molecule has 0 spiro atoms. The lowest BCUT2D eigenvalue weighted by Crippen LogP contribution is -2.40. The minimum absolute atomic E-state index is 0.217. The highest BCUT2D eigenvalue weighted by Gasteiger charge is 2.39. The van der Waals surface area contributed by atoms with E-state index in [9.17, 15) is 0 Å². The number of methoxy groups -OCH3 is 1. The Hall–Kier alpha value is -0.703. The van der Waals surface area contributed by atoms with E-state index in [0.29, 0.717) is 0 Å². The van der Waals surface area contributed by atoms with Crippen molar-refractivity contribution in [3.63, 3.8) is 0 Å². The maximum Gasteiger partial charge on any atom is 0.250 e. The Balaban J connectivity index is 4.90. The highest BCUT2D eigenvalue weighted by molar-refractivity contribution is 6.74. The highest BCUT2D eigenvalue weighted by Crippen LogP contribution is 2.38. The van der Waals surface area contributed by atoms with E-state index < -0.39 is 8.32 Å². The van der Waals surface area contributed by atoms with Crippen molar-refractivity contribution in [3.05, 3.63) is 23.7 Å². The topological polar surface area (TPSA) is 18.5 Å². The van der Waals surface area contributed by atoms with Crippen molar-refractivity contribution in [1.82, 2.24) is 0 Å². The van der Waals surface area contributed by atoms with E-state index >= 15 is 0 Å². The van der Waals surface area contributed by atoms with Crippen LogP contribution < -0.4 is 0 Å². The molecule has 2 nitrogen and oxygen atoms in total. The average molecular weight is 242 g/mol. The van der Waals surface area contributed by atoms with Crippen LogP contribution in [0.25, 0.3) is 0 Å². The number of hydrogen-bond acceptors (Lipinski definition) is 2. The van der Waals surface area contributed by atoms with E-state index in [-0.39, 0.29) is 5.04 Å². The zero-order valence-electron chi connectivity index (χ0n) is 12.0. The fraction of sp³-hybridized carbons (Fsp3) is 0.692. The number of allylic oxidation sites excluding steroid dienone is 2. The second-order valence-corrected chi connectivity index (χ2v) is 10.3. The van der Waals surface area contributed by atoms with Crippen molar-refractivity contribution in [2.45, 2.75) is 52.8 Å². The smallest absolute Gasteiger partial charge is 0.250 e. The number of ether oxygens (including phenoxy) is 1. The van der Waals surface area contributed by atoms with Crippen LogP contribution in [0.1, 0.15) is 34.6 Å². The van der Waals surface area contributed by atoms with E-state index in [1.165, 1.54) is 0 Å². The normalized spacial score (nSPS) is 15.0. The lowest BCUT2D eigenvalue weighted by molar-refractivity contribution is 0.326. The first-order valence-corrected chi connectivity index (χ1v) is 8.62. The Bertz CT molecular complexity index is 283. The van der Waals surface area contributed by atoms with Crippen LogP contribution in [0.5, 0.6) is 0 Å². The molecule has 0 fully saturated rings. The van der Waals surface area contributed by atoms with Crippen LogP contribution in [0, 0.1) is 0 Å². The lowest BCUT2D eigenvalue weighted by atomic mass is 10.2. The van der Waals surface area contributed by atoms with Crippen LogP contribution in [0.2, 0.25) is 18.1 Å². The molecule has 0 aromatic rings. The van der Waals surface area contributed by atoms with Crippen molar-refractivity contribution in [1.29, 1.82) is 0 Å². The minimum Gasteiger partial charge on any atom is -0.543 e. The SMILES string of the molecule is CC=C(O[Si](C)(C)C(C)(C)C)/C(C)=C/OC. The molecule has 0 aromatic heterocycles.